The van der Waals surface area contributed by atoms with Crippen molar-refractivity contribution in [3.05, 3.63) is 12.2 Å². The molecule has 0 fully saturated rings. The van der Waals surface area contributed by atoms with Crippen LogP contribution in [-0.2, 0) is 13.6 Å². The van der Waals surface area contributed by atoms with Crippen LogP contribution in [-0.4, -0.2) is 45.4 Å². The standard InChI is InChI=1S/C21H44NO4P/c1-5-6-7-8-9-10-11-12-13-14-15-16-17-18-20-25-27(23,24)26-21-19-22(2,3)4/h6-7H,5,8-21H2,1-4H3/b7-6-. The van der Waals surface area contributed by atoms with E-state index in [1.807, 2.05) is 21.1 Å². The van der Waals surface area contributed by atoms with E-state index < -0.39 is 7.82 Å². The highest BCUT2D eigenvalue weighted by Crippen LogP contribution is 2.38. The summed E-state index contributed by atoms with van der Waals surface area (Å²) < 4.78 is 22.1. The van der Waals surface area contributed by atoms with Gasteiger partial charge in [-0.15, -0.1) is 0 Å². The number of rotatable bonds is 19. The van der Waals surface area contributed by atoms with Crippen LogP contribution >= 0.6 is 7.82 Å². The number of phosphoric acid groups is 1. The van der Waals surface area contributed by atoms with Crippen LogP contribution in [0.3, 0.4) is 0 Å². The SMILES string of the molecule is CC/C=C\CCCCCCCCCCCCOP(=O)([O-])OCC[N+](C)(C)C. The molecule has 0 aliphatic carbocycles. The molecule has 0 radical (unpaired) electrons. The molecule has 5 nitrogen and oxygen atoms in total. The van der Waals surface area contributed by atoms with Gasteiger partial charge < -0.3 is 18.4 Å². The molecule has 1 atom stereocenters. The van der Waals surface area contributed by atoms with E-state index in [2.05, 4.69) is 19.1 Å². The zero-order valence-corrected chi connectivity index (χ0v) is 19.2. The van der Waals surface area contributed by atoms with Crippen molar-refractivity contribution < 1.29 is 23.0 Å². The monoisotopic (exact) mass is 405 g/mol. The average Bonchev–Trinajstić information content (AvgIpc) is 2.57. The summed E-state index contributed by atoms with van der Waals surface area (Å²) in [5, 5.41) is 0. The summed E-state index contributed by atoms with van der Waals surface area (Å²) >= 11 is 0. The van der Waals surface area contributed by atoms with Crippen LogP contribution in [0.5, 0.6) is 0 Å². The van der Waals surface area contributed by atoms with Crippen molar-refractivity contribution in [3.63, 3.8) is 0 Å². The maximum absolute atomic E-state index is 11.6. The summed E-state index contributed by atoms with van der Waals surface area (Å²) in [7, 11) is 1.85. The lowest BCUT2D eigenvalue weighted by molar-refractivity contribution is -0.870. The van der Waals surface area contributed by atoms with E-state index in [1.165, 1.54) is 51.4 Å². The first kappa shape index (κ1) is 26.8. The Hall–Kier alpha value is -0.190. The molecular formula is C21H44NO4P. The van der Waals surface area contributed by atoms with Crippen LogP contribution < -0.4 is 4.89 Å². The van der Waals surface area contributed by atoms with Crippen molar-refractivity contribution in [2.24, 2.45) is 0 Å². The number of phosphoric ester groups is 1. The minimum Gasteiger partial charge on any atom is -0.756 e. The van der Waals surface area contributed by atoms with Crippen molar-refractivity contribution in [1.82, 2.24) is 0 Å². The number of unbranched alkanes of at least 4 members (excludes halogenated alkanes) is 10. The first-order valence-electron chi connectivity index (χ1n) is 10.8. The Balaban J connectivity index is 3.34. The first-order valence-corrected chi connectivity index (χ1v) is 12.3. The zero-order chi connectivity index (χ0) is 20.4. The number of hydrogen-bond acceptors (Lipinski definition) is 4. The van der Waals surface area contributed by atoms with Crippen molar-refractivity contribution >= 4 is 7.82 Å². The molecule has 0 amide bonds. The molecule has 0 rings (SSSR count). The summed E-state index contributed by atoms with van der Waals surface area (Å²) in [5.74, 6) is 0. The van der Waals surface area contributed by atoms with Crippen molar-refractivity contribution in [2.75, 3.05) is 40.9 Å². The van der Waals surface area contributed by atoms with E-state index in [0.717, 1.165) is 25.7 Å². The number of quaternary nitrogens is 1. The molecule has 0 aromatic heterocycles. The smallest absolute Gasteiger partial charge is 0.268 e. The second-order valence-electron chi connectivity index (χ2n) is 8.33. The molecular weight excluding hydrogens is 361 g/mol. The van der Waals surface area contributed by atoms with Gasteiger partial charge in [-0.25, -0.2) is 0 Å². The molecule has 0 aliphatic heterocycles. The number of nitrogens with zero attached hydrogens (tertiary/aromatic N) is 1. The second-order valence-corrected chi connectivity index (χ2v) is 9.74. The average molecular weight is 406 g/mol. The van der Waals surface area contributed by atoms with Crippen LogP contribution in [0, 0.1) is 0 Å². The molecule has 27 heavy (non-hydrogen) atoms. The lowest BCUT2D eigenvalue weighted by Gasteiger charge is -2.27. The number of likely N-dealkylation sites (N-methyl/N-ethyl adjacent to an activating group) is 1. The zero-order valence-electron chi connectivity index (χ0n) is 18.3. The summed E-state index contributed by atoms with van der Waals surface area (Å²) in [6, 6.07) is 0. The molecule has 0 aromatic carbocycles. The van der Waals surface area contributed by atoms with Crippen molar-refractivity contribution in [3.8, 4) is 0 Å². The van der Waals surface area contributed by atoms with Gasteiger partial charge in [-0.2, -0.15) is 0 Å². The van der Waals surface area contributed by atoms with E-state index in [0.29, 0.717) is 11.0 Å². The predicted octanol–water partition coefficient (Wildman–Crippen LogP) is 5.45. The Morgan fingerprint density at radius 1 is 0.778 bits per heavy atom. The molecule has 0 saturated heterocycles. The fourth-order valence-electron chi connectivity index (χ4n) is 2.70. The first-order chi connectivity index (χ1) is 12.8. The number of hydrogen-bond donors (Lipinski definition) is 0. The van der Waals surface area contributed by atoms with Gasteiger partial charge in [0.25, 0.3) is 7.82 Å². The van der Waals surface area contributed by atoms with Gasteiger partial charge in [0.15, 0.2) is 0 Å². The highest BCUT2D eigenvalue weighted by Gasteiger charge is 2.12. The largest absolute Gasteiger partial charge is 0.756 e. The third-order valence-electron chi connectivity index (χ3n) is 4.43. The van der Waals surface area contributed by atoms with Crippen molar-refractivity contribution in [2.45, 2.75) is 84.0 Å². The molecule has 0 bridgehead atoms. The van der Waals surface area contributed by atoms with Crippen LogP contribution in [0.25, 0.3) is 0 Å². The third kappa shape index (κ3) is 22.0. The van der Waals surface area contributed by atoms with E-state index in [4.69, 9.17) is 9.05 Å². The quantitative estimate of drug-likeness (QED) is 0.124. The van der Waals surface area contributed by atoms with Gasteiger partial charge in [0.2, 0.25) is 0 Å². The molecule has 0 spiro atoms. The van der Waals surface area contributed by atoms with Gasteiger partial charge in [-0.1, -0.05) is 70.4 Å². The lowest BCUT2D eigenvalue weighted by Crippen LogP contribution is -2.37. The summed E-state index contributed by atoms with van der Waals surface area (Å²) in [6.07, 6.45) is 19.0. The van der Waals surface area contributed by atoms with E-state index in [9.17, 15) is 9.46 Å². The summed E-state index contributed by atoms with van der Waals surface area (Å²) in [5.41, 5.74) is 0. The van der Waals surface area contributed by atoms with E-state index in [1.54, 1.807) is 0 Å². The Morgan fingerprint density at radius 3 is 1.78 bits per heavy atom. The maximum atomic E-state index is 11.6. The summed E-state index contributed by atoms with van der Waals surface area (Å²) in [6.45, 7) is 3.21. The van der Waals surface area contributed by atoms with Gasteiger partial charge >= 0.3 is 0 Å². The predicted molar refractivity (Wildman–Crippen MR) is 113 cm³/mol. The number of allylic oxidation sites excluding steroid dienone is 2. The second kappa shape index (κ2) is 16.7. The molecule has 0 saturated carbocycles. The highest BCUT2D eigenvalue weighted by atomic mass is 31.2. The lowest BCUT2D eigenvalue weighted by atomic mass is 10.1. The van der Waals surface area contributed by atoms with Gasteiger partial charge in [-0.3, -0.25) is 4.57 Å². The Labute approximate surface area is 168 Å². The fraction of sp³-hybridized carbons (Fsp3) is 0.905. The molecule has 162 valence electrons. The Morgan fingerprint density at radius 2 is 1.26 bits per heavy atom. The highest BCUT2D eigenvalue weighted by molar-refractivity contribution is 7.45. The topological polar surface area (TPSA) is 58.6 Å². The van der Waals surface area contributed by atoms with Crippen LogP contribution in [0.15, 0.2) is 12.2 Å². The van der Waals surface area contributed by atoms with E-state index in [-0.39, 0.29) is 13.2 Å². The molecule has 0 N–H and O–H groups in total. The van der Waals surface area contributed by atoms with Crippen LogP contribution in [0.1, 0.15) is 84.0 Å². The van der Waals surface area contributed by atoms with E-state index >= 15 is 0 Å². The minimum atomic E-state index is -4.13. The van der Waals surface area contributed by atoms with Gasteiger partial charge in [0.05, 0.1) is 27.7 Å². The molecule has 0 aliphatic rings. The molecule has 1 unspecified atom stereocenters. The van der Waals surface area contributed by atoms with Gasteiger partial charge in [0, 0.05) is 0 Å². The van der Waals surface area contributed by atoms with Crippen LogP contribution in [0.4, 0.5) is 0 Å². The van der Waals surface area contributed by atoms with Crippen molar-refractivity contribution in [1.29, 1.82) is 0 Å². The van der Waals surface area contributed by atoms with Gasteiger partial charge in [0.1, 0.15) is 13.2 Å². The van der Waals surface area contributed by atoms with Gasteiger partial charge in [-0.05, 0) is 25.7 Å². The van der Waals surface area contributed by atoms with Crippen LogP contribution in [0.2, 0.25) is 0 Å². The fourth-order valence-corrected chi connectivity index (χ4v) is 3.44. The molecule has 0 aromatic rings. The molecule has 0 heterocycles. The Bertz CT molecular complexity index is 407. The molecule has 6 heteroatoms. The Kier molecular flexibility index (Phi) is 16.6. The summed E-state index contributed by atoms with van der Waals surface area (Å²) in [4.78, 5) is 11.6. The minimum absolute atomic E-state index is 0.166. The normalized spacial score (nSPS) is 14.7. The maximum Gasteiger partial charge on any atom is 0.268 e. The third-order valence-corrected chi connectivity index (χ3v) is 5.43.